The topological polar surface area (TPSA) is 43.8 Å². The van der Waals surface area contributed by atoms with E-state index in [-0.39, 0.29) is 0 Å². The van der Waals surface area contributed by atoms with Crippen LogP contribution in [0.4, 0.5) is 0 Å². The van der Waals surface area contributed by atoms with Crippen LogP contribution in [0.1, 0.15) is 17.0 Å². The molecule has 0 saturated heterocycles. The number of halogens is 1. The molecule has 1 aromatic heterocycles. The number of aromatic nitrogens is 2. The molecule has 0 unspecified atom stereocenters. The van der Waals surface area contributed by atoms with Crippen molar-refractivity contribution in [1.29, 1.82) is 0 Å². The molecule has 3 rings (SSSR count). The van der Waals surface area contributed by atoms with Crippen molar-refractivity contribution in [1.82, 2.24) is 9.55 Å². The van der Waals surface area contributed by atoms with E-state index in [1.165, 1.54) is 0 Å². The maximum absolute atomic E-state index is 6.34. The van der Waals surface area contributed by atoms with Crippen molar-refractivity contribution in [3.05, 3.63) is 64.4 Å². The van der Waals surface area contributed by atoms with Gasteiger partial charge in [0.25, 0.3) is 0 Å². The molecule has 0 bridgehead atoms. The van der Waals surface area contributed by atoms with Gasteiger partial charge in [0, 0.05) is 10.6 Å². The zero-order valence-corrected chi connectivity index (χ0v) is 13.1. The smallest absolute Gasteiger partial charge is 0.107 e. The van der Waals surface area contributed by atoms with E-state index in [2.05, 4.69) is 15.6 Å². The lowest BCUT2D eigenvalue weighted by Crippen LogP contribution is -2.10. The molecule has 3 aromatic rings. The van der Waals surface area contributed by atoms with Crippen LogP contribution in [0.15, 0.2) is 42.5 Å². The third kappa shape index (κ3) is 2.64. The van der Waals surface area contributed by atoms with E-state index in [4.69, 9.17) is 29.6 Å². The Morgan fingerprint density at radius 1 is 1.29 bits per heavy atom. The van der Waals surface area contributed by atoms with Crippen LogP contribution in [-0.2, 0) is 6.54 Å². The SMILES string of the molecule is Cc1nc2ccccc2n1Cc1ccc(C(N)=S)cc1Cl. The fourth-order valence-corrected chi connectivity index (χ4v) is 2.76. The van der Waals surface area contributed by atoms with Gasteiger partial charge < -0.3 is 10.3 Å². The zero-order valence-electron chi connectivity index (χ0n) is 11.5. The minimum absolute atomic E-state index is 0.354. The van der Waals surface area contributed by atoms with Crippen LogP contribution >= 0.6 is 23.8 Å². The second kappa shape index (κ2) is 5.47. The quantitative estimate of drug-likeness (QED) is 0.750. The lowest BCUT2D eigenvalue weighted by molar-refractivity contribution is 0.786. The van der Waals surface area contributed by atoms with Crippen molar-refractivity contribution in [2.75, 3.05) is 0 Å². The minimum Gasteiger partial charge on any atom is -0.389 e. The molecule has 0 amide bonds. The maximum atomic E-state index is 6.34. The van der Waals surface area contributed by atoms with Gasteiger partial charge in [-0.2, -0.15) is 0 Å². The first-order valence-corrected chi connectivity index (χ1v) is 7.35. The van der Waals surface area contributed by atoms with Crippen LogP contribution in [0.2, 0.25) is 5.02 Å². The summed E-state index contributed by atoms with van der Waals surface area (Å²) in [5.74, 6) is 0.964. The van der Waals surface area contributed by atoms with Crippen molar-refractivity contribution in [2.45, 2.75) is 13.5 Å². The number of rotatable bonds is 3. The Labute approximate surface area is 133 Å². The normalized spacial score (nSPS) is 11.0. The van der Waals surface area contributed by atoms with Gasteiger partial charge in [-0.3, -0.25) is 0 Å². The summed E-state index contributed by atoms with van der Waals surface area (Å²) in [5, 5.41) is 0.664. The fraction of sp³-hybridized carbons (Fsp3) is 0.125. The summed E-state index contributed by atoms with van der Waals surface area (Å²) in [7, 11) is 0. The highest BCUT2D eigenvalue weighted by Crippen LogP contribution is 2.22. The van der Waals surface area contributed by atoms with Gasteiger partial charge in [0.1, 0.15) is 10.8 Å². The molecule has 0 atom stereocenters. The number of nitrogens with two attached hydrogens (primary N) is 1. The average molecular weight is 316 g/mol. The number of aryl methyl sites for hydroxylation is 1. The predicted octanol–water partition coefficient (Wildman–Crippen LogP) is 3.68. The first-order valence-electron chi connectivity index (χ1n) is 6.56. The maximum Gasteiger partial charge on any atom is 0.107 e. The number of nitrogens with zero attached hydrogens (tertiary/aromatic N) is 2. The molecule has 0 radical (unpaired) electrons. The molecule has 2 N–H and O–H groups in total. The van der Waals surface area contributed by atoms with Crippen molar-refractivity contribution in [2.24, 2.45) is 5.73 Å². The van der Waals surface area contributed by atoms with Crippen molar-refractivity contribution >= 4 is 39.8 Å². The Balaban J connectivity index is 2.03. The Hall–Kier alpha value is -1.91. The molecule has 2 aromatic carbocycles. The second-order valence-corrected chi connectivity index (χ2v) is 5.75. The molecule has 0 spiro atoms. The van der Waals surface area contributed by atoms with E-state index in [0.29, 0.717) is 16.6 Å². The molecule has 0 aliphatic rings. The summed E-state index contributed by atoms with van der Waals surface area (Å²) < 4.78 is 2.15. The van der Waals surface area contributed by atoms with E-state index >= 15 is 0 Å². The van der Waals surface area contributed by atoms with E-state index in [9.17, 15) is 0 Å². The van der Waals surface area contributed by atoms with Crippen LogP contribution in [0.25, 0.3) is 11.0 Å². The minimum atomic E-state index is 0.354. The molecule has 0 fully saturated rings. The van der Waals surface area contributed by atoms with Gasteiger partial charge in [-0.05, 0) is 30.7 Å². The first-order chi connectivity index (χ1) is 10.1. The van der Waals surface area contributed by atoms with Crippen molar-refractivity contribution in [3.63, 3.8) is 0 Å². The van der Waals surface area contributed by atoms with E-state index in [1.807, 2.05) is 43.3 Å². The lowest BCUT2D eigenvalue weighted by Gasteiger charge is -2.10. The lowest BCUT2D eigenvalue weighted by atomic mass is 10.1. The highest BCUT2D eigenvalue weighted by Gasteiger charge is 2.10. The number of imidazole rings is 1. The predicted molar refractivity (Wildman–Crippen MR) is 90.9 cm³/mol. The molecule has 0 saturated carbocycles. The average Bonchev–Trinajstić information content (AvgIpc) is 2.77. The molecule has 0 aliphatic heterocycles. The van der Waals surface area contributed by atoms with Crippen LogP contribution in [0.3, 0.4) is 0 Å². The number of hydrogen-bond acceptors (Lipinski definition) is 2. The van der Waals surface area contributed by atoms with Gasteiger partial charge in [-0.15, -0.1) is 0 Å². The number of fused-ring (bicyclic) bond motifs is 1. The summed E-state index contributed by atoms with van der Waals surface area (Å²) in [6.45, 7) is 2.67. The number of hydrogen-bond donors (Lipinski definition) is 1. The Kier molecular flexibility index (Phi) is 3.66. The van der Waals surface area contributed by atoms with Gasteiger partial charge in [0.15, 0.2) is 0 Å². The Morgan fingerprint density at radius 3 is 2.76 bits per heavy atom. The molecule has 0 aliphatic carbocycles. The Bertz CT molecular complexity index is 839. The van der Waals surface area contributed by atoms with Crippen LogP contribution in [0.5, 0.6) is 0 Å². The Morgan fingerprint density at radius 2 is 2.05 bits per heavy atom. The summed E-state index contributed by atoms with van der Waals surface area (Å²) in [5.41, 5.74) is 9.52. The third-order valence-corrected chi connectivity index (χ3v) is 4.10. The standard InChI is InChI=1S/C16H14ClN3S/c1-10-19-14-4-2-3-5-15(14)20(10)9-12-7-6-11(16(18)21)8-13(12)17/h2-8H,9H2,1H3,(H2,18,21). The van der Waals surface area contributed by atoms with Crippen LogP contribution in [-0.4, -0.2) is 14.5 Å². The van der Waals surface area contributed by atoms with Gasteiger partial charge in [0.2, 0.25) is 0 Å². The largest absolute Gasteiger partial charge is 0.389 e. The number of thiocarbonyl (C=S) groups is 1. The fourth-order valence-electron chi connectivity index (χ4n) is 2.39. The van der Waals surface area contributed by atoms with Crippen LogP contribution < -0.4 is 5.73 Å². The summed E-state index contributed by atoms with van der Waals surface area (Å²) in [6.07, 6.45) is 0. The summed E-state index contributed by atoms with van der Waals surface area (Å²) >= 11 is 11.3. The van der Waals surface area contributed by atoms with Crippen molar-refractivity contribution < 1.29 is 0 Å². The molecular weight excluding hydrogens is 302 g/mol. The third-order valence-electron chi connectivity index (χ3n) is 3.51. The number of benzene rings is 2. The zero-order chi connectivity index (χ0) is 15.0. The molecule has 21 heavy (non-hydrogen) atoms. The van der Waals surface area contributed by atoms with Gasteiger partial charge in [-0.25, -0.2) is 4.98 Å². The van der Waals surface area contributed by atoms with Gasteiger partial charge in [-0.1, -0.05) is 48.1 Å². The highest BCUT2D eigenvalue weighted by atomic mass is 35.5. The van der Waals surface area contributed by atoms with E-state index < -0.39 is 0 Å². The highest BCUT2D eigenvalue weighted by molar-refractivity contribution is 7.80. The monoisotopic (exact) mass is 315 g/mol. The number of para-hydroxylation sites is 2. The molecule has 106 valence electrons. The molecule has 1 heterocycles. The molecule has 5 heteroatoms. The van der Waals surface area contributed by atoms with Crippen LogP contribution in [0, 0.1) is 6.92 Å². The van der Waals surface area contributed by atoms with E-state index in [1.54, 1.807) is 0 Å². The molecule has 3 nitrogen and oxygen atoms in total. The second-order valence-electron chi connectivity index (χ2n) is 4.90. The first kappa shape index (κ1) is 14.0. The van der Waals surface area contributed by atoms with Gasteiger partial charge >= 0.3 is 0 Å². The molecular formula is C16H14ClN3S. The summed E-state index contributed by atoms with van der Waals surface area (Å²) in [4.78, 5) is 4.92. The van der Waals surface area contributed by atoms with E-state index in [0.717, 1.165) is 28.0 Å². The summed E-state index contributed by atoms with van der Waals surface area (Å²) in [6, 6.07) is 13.8. The van der Waals surface area contributed by atoms with Crippen molar-refractivity contribution in [3.8, 4) is 0 Å². The van der Waals surface area contributed by atoms with Gasteiger partial charge in [0.05, 0.1) is 17.6 Å².